The number of hydrogen-bond acceptors (Lipinski definition) is 3. The standard InChI is InChI=1S/C20H20O3/c1-4-20(2,3)16-12-15(18(22)13-19(16)23)17(21)11-10-14-8-6-5-7-9-14/h4-13,22-23H,1H2,2-3H3/b11-10+. The number of carbonyl (C=O) groups is 1. The Morgan fingerprint density at radius 3 is 2.35 bits per heavy atom. The molecule has 0 radical (unpaired) electrons. The van der Waals surface area contributed by atoms with Crippen LogP contribution in [0.15, 0.2) is 61.2 Å². The van der Waals surface area contributed by atoms with Gasteiger partial charge in [0.15, 0.2) is 5.78 Å². The fourth-order valence-electron chi connectivity index (χ4n) is 2.23. The molecule has 0 saturated heterocycles. The third kappa shape index (κ3) is 3.69. The van der Waals surface area contributed by atoms with Crippen molar-refractivity contribution in [3.63, 3.8) is 0 Å². The lowest BCUT2D eigenvalue weighted by molar-refractivity contribution is 0.104. The van der Waals surface area contributed by atoms with Crippen LogP contribution in [0.2, 0.25) is 0 Å². The molecule has 0 atom stereocenters. The second-order valence-corrected chi connectivity index (χ2v) is 5.92. The van der Waals surface area contributed by atoms with Crippen molar-refractivity contribution in [2.75, 3.05) is 0 Å². The molecule has 0 unspecified atom stereocenters. The largest absolute Gasteiger partial charge is 0.507 e. The number of carbonyl (C=O) groups excluding carboxylic acids is 1. The predicted molar refractivity (Wildman–Crippen MR) is 92.8 cm³/mol. The van der Waals surface area contributed by atoms with Crippen LogP contribution in [0.1, 0.15) is 35.3 Å². The van der Waals surface area contributed by atoms with E-state index in [1.54, 1.807) is 12.2 Å². The normalized spacial score (nSPS) is 11.6. The van der Waals surface area contributed by atoms with E-state index in [9.17, 15) is 15.0 Å². The lowest BCUT2D eigenvalue weighted by Crippen LogP contribution is -2.14. The second-order valence-electron chi connectivity index (χ2n) is 5.92. The Labute approximate surface area is 136 Å². The summed E-state index contributed by atoms with van der Waals surface area (Å²) < 4.78 is 0. The average molecular weight is 308 g/mol. The maximum atomic E-state index is 12.4. The lowest BCUT2D eigenvalue weighted by Gasteiger charge is -2.22. The molecule has 2 aromatic carbocycles. The number of rotatable bonds is 5. The Bertz CT molecular complexity index is 756. The zero-order valence-electron chi connectivity index (χ0n) is 13.3. The van der Waals surface area contributed by atoms with Crippen LogP contribution in [0.3, 0.4) is 0 Å². The van der Waals surface area contributed by atoms with E-state index >= 15 is 0 Å². The van der Waals surface area contributed by atoms with Crippen LogP contribution in [-0.4, -0.2) is 16.0 Å². The summed E-state index contributed by atoms with van der Waals surface area (Å²) in [6.45, 7) is 7.50. The molecule has 0 aromatic heterocycles. The third-order valence-electron chi connectivity index (χ3n) is 3.81. The van der Waals surface area contributed by atoms with Gasteiger partial charge in [0.05, 0.1) is 5.56 Å². The molecule has 0 bridgehead atoms. The van der Waals surface area contributed by atoms with Gasteiger partial charge in [0.25, 0.3) is 0 Å². The minimum atomic E-state index is -0.518. The third-order valence-corrected chi connectivity index (χ3v) is 3.81. The van der Waals surface area contributed by atoms with Gasteiger partial charge in [-0.15, -0.1) is 6.58 Å². The maximum absolute atomic E-state index is 12.4. The first-order valence-electron chi connectivity index (χ1n) is 7.32. The number of allylic oxidation sites excluding steroid dienone is 2. The van der Waals surface area contributed by atoms with Crippen LogP contribution >= 0.6 is 0 Å². The van der Waals surface area contributed by atoms with E-state index in [0.29, 0.717) is 5.56 Å². The Morgan fingerprint density at radius 1 is 1.09 bits per heavy atom. The summed E-state index contributed by atoms with van der Waals surface area (Å²) in [5.41, 5.74) is 1.07. The number of benzene rings is 2. The van der Waals surface area contributed by atoms with Gasteiger partial charge < -0.3 is 10.2 Å². The summed E-state index contributed by atoms with van der Waals surface area (Å²) in [4.78, 5) is 12.4. The molecule has 3 nitrogen and oxygen atoms in total. The molecule has 0 heterocycles. The van der Waals surface area contributed by atoms with Crippen molar-refractivity contribution >= 4 is 11.9 Å². The van der Waals surface area contributed by atoms with Crippen molar-refractivity contribution in [1.82, 2.24) is 0 Å². The van der Waals surface area contributed by atoms with Crippen molar-refractivity contribution in [3.05, 3.63) is 77.9 Å². The summed E-state index contributed by atoms with van der Waals surface area (Å²) >= 11 is 0. The molecule has 0 aliphatic carbocycles. The van der Waals surface area contributed by atoms with Gasteiger partial charge in [-0.05, 0) is 17.7 Å². The minimum absolute atomic E-state index is 0.0593. The van der Waals surface area contributed by atoms with Gasteiger partial charge in [0, 0.05) is 17.0 Å². The monoisotopic (exact) mass is 308 g/mol. The van der Waals surface area contributed by atoms with E-state index in [0.717, 1.165) is 5.56 Å². The number of hydrogen-bond donors (Lipinski definition) is 2. The molecule has 0 aliphatic rings. The SMILES string of the molecule is C=CC(C)(C)c1cc(C(=O)/C=C/c2ccccc2)c(O)cc1O. The van der Waals surface area contributed by atoms with Crippen molar-refractivity contribution < 1.29 is 15.0 Å². The van der Waals surface area contributed by atoms with E-state index < -0.39 is 5.41 Å². The molecule has 0 saturated carbocycles. The summed E-state index contributed by atoms with van der Waals surface area (Å²) in [7, 11) is 0. The lowest BCUT2D eigenvalue weighted by atomic mass is 9.83. The summed E-state index contributed by atoms with van der Waals surface area (Å²) in [6.07, 6.45) is 4.78. The first kappa shape index (κ1) is 16.6. The summed E-state index contributed by atoms with van der Waals surface area (Å²) in [5, 5.41) is 20.0. The van der Waals surface area contributed by atoms with E-state index in [2.05, 4.69) is 6.58 Å². The Balaban J connectivity index is 2.39. The van der Waals surface area contributed by atoms with E-state index in [1.165, 1.54) is 18.2 Å². The molecule has 0 aliphatic heterocycles. The molecule has 118 valence electrons. The molecule has 2 aromatic rings. The van der Waals surface area contributed by atoms with Gasteiger partial charge in [0.2, 0.25) is 0 Å². The minimum Gasteiger partial charge on any atom is -0.507 e. The smallest absolute Gasteiger partial charge is 0.189 e. The van der Waals surface area contributed by atoms with Gasteiger partial charge in [-0.3, -0.25) is 4.79 Å². The van der Waals surface area contributed by atoms with Crippen LogP contribution < -0.4 is 0 Å². The molecule has 0 amide bonds. The molecule has 23 heavy (non-hydrogen) atoms. The summed E-state index contributed by atoms with van der Waals surface area (Å²) in [5.74, 6) is -0.628. The molecule has 3 heteroatoms. The van der Waals surface area contributed by atoms with Crippen molar-refractivity contribution in [3.8, 4) is 11.5 Å². The molecular formula is C20H20O3. The zero-order valence-corrected chi connectivity index (χ0v) is 13.3. The quantitative estimate of drug-likeness (QED) is 0.487. The predicted octanol–water partition coefficient (Wildman–Crippen LogP) is 4.46. The van der Waals surface area contributed by atoms with Crippen LogP contribution in [0.4, 0.5) is 0 Å². The van der Waals surface area contributed by atoms with Crippen LogP contribution in [0, 0.1) is 0 Å². The average Bonchev–Trinajstić information content (AvgIpc) is 2.53. The fourth-order valence-corrected chi connectivity index (χ4v) is 2.23. The molecule has 2 N–H and O–H groups in total. The highest BCUT2D eigenvalue weighted by Gasteiger charge is 2.23. The van der Waals surface area contributed by atoms with Gasteiger partial charge in [-0.2, -0.15) is 0 Å². The van der Waals surface area contributed by atoms with Crippen molar-refractivity contribution in [2.24, 2.45) is 0 Å². The Hall–Kier alpha value is -2.81. The number of phenolic OH excluding ortho intramolecular Hbond substituents is 2. The van der Waals surface area contributed by atoms with Crippen LogP contribution in [0.5, 0.6) is 11.5 Å². The van der Waals surface area contributed by atoms with Crippen molar-refractivity contribution in [1.29, 1.82) is 0 Å². The van der Waals surface area contributed by atoms with Gasteiger partial charge in [-0.25, -0.2) is 0 Å². The van der Waals surface area contributed by atoms with Gasteiger partial charge >= 0.3 is 0 Å². The number of ketones is 1. The van der Waals surface area contributed by atoms with Crippen LogP contribution in [0.25, 0.3) is 6.08 Å². The highest BCUT2D eigenvalue weighted by atomic mass is 16.3. The van der Waals surface area contributed by atoms with E-state index in [-0.39, 0.29) is 22.8 Å². The highest BCUT2D eigenvalue weighted by molar-refractivity contribution is 6.08. The second kappa shape index (κ2) is 6.53. The van der Waals surface area contributed by atoms with Crippen LogP contribution in [-0.2, 0) is 5.41 Å². The number of phenols is 2. The Morgan fingerprint density at radius 2 is 1.74 bits per heavy atom. The summed E-state index contributed by atoms with van der Waals surface area (Å²) in [6, 6.07) is 12.1. The highest BCUT2D eigenvalue weighted by Crippen LogP contribution is 2.36. The van der Waals surface area contributed by atoms with Gasteiger partial charge in [0.1, 0.15) is 11.5 Å². The molecule has 2 rings (SSSR count). The fraction of sp³-hybridized carbons (Fsp3) is 0.150. The zero-order chi connectivity index (χ0) is 17.0. The molecule has 0 fully saturated rings. The van der Waals surface area contributed by atoms with E-state index in [4.69, 9.17) is 0 Å². The topological polar surface area (TPSA) is 57.5 Å². The maximum Gasteiger partial charge on any atom is 0.189 e. The molecule has 0 spiro atoms. The van der Waals surface area contributed by atoms with E-state index in [1.807, 2.05) is 44.2 Å². The van der Waals surface area contributed by atoms with Crippen molar-refractivity contribution in [2.45, 2.75) is 19.3 Å². The Kier molecular flexibility index (Phi) is 4.70. The first-order valence-corrected chi connectivity index (χ1v) is 7.32. The van der Waals surface area contributed by atoms with Gasteiger partial charge in [-0.1, -0.05) is 56.3 Å². The molecular weight excluding hydrogens is 288 g/mol. The number of aromatic hydroxyl groups is 2. The first-order chi connectivity index (χ1) is 10.8.